The van der Waals surface area contributed by atoms with Crippen LogP contribution in [0, 0.1) is 0 Å². The van der Waals surface area contributed by atoms with Gasteiger partial charge in [0.25, 0.3) is 0 Å². The molecule has 2 N–H and O–H groups in total. The zero-order chi connectivity index (χ0) is 14.3. The fourth-order valence-corrected chi connectivity index (χ4v) is 2.97. The van der Waals surface area contributed by atoms with Crippen molar-refractivity contribution in [3.8, 4) is 5.75 Å². The lowest BCUT2D eigenvalue weighted by atomic mass is 9.76. The van der Waals surface area contributed by atoms with Gasteiger partial charge in [-0.15, -0.1) is 11.3 Å². The van der Waals surface area contributed by atoms with E-state index in [0.717, 1.165) is 21.0 Å². The summed E-state index contributed by atoms with van der Waals surface area (Å²) in [7, 11) is 0. The first-order valence-corrected chi connectivity index (χ1v) is 7.40. The average Bonchev–Trinajstić information content (AvgIpc) is 2.71. The van der Waals surface area contributed by atoms with Crippen molar-refractivity contribution in [3.05, 3.63) is 23.2 Å². The molecule has 0 radical (unpaired) electrons. The zero-order valence-electron chi connectivity index (χ0n) is 12.3. The third-order valence-electron chi connectivity index (χ3n) is 3.82. The van der Waals surface area contributed by atoms with Gasteiger partial charge in [0.1, 0.15) is 10.8 Å². The fourth-order valence-electron chi connectivity index (χ4n) is 1.70. The molecule has 2 rings (SSSR count). The van der Waals surface area contributed by atoms with E-state index in [9.17, 15) is 0 Å². The van der Waals surface area contributed by atoms with Gasteiger partial charge in [0.05, 0.1) is 16.8 Å². The number of aromatic nitrogens is 1. The Bertz CT molecular complexity index is 581. The van der Waals surface area contributed by atoms with E-state index in [4.69, 9.17) is 15.5 Å². The lowest BCUT2D eigenvalue weighted by molar-refractivity contribution is 0.306. The van der Waals surface area contributed by atoms with E-state index < -0.39 is 0 Å². The quantitative estimate of drug-likeness (QED) is 0.927. The smallest absolute Gasteiger partial charge is 0.120 e. The highest BCUT2D eigenvalue weighted by Gasteiger charge is 2.37. The van der Waals surface area contributed by atoms with Crippen LogP contribution in [0.5, 0.6) is 5.75 Å². The summed E-state index contributed by atoms with van der Waals surface area (Å²) in [6.07, 6.45) is 0. The first-order valence-electron chi connectivity index (χ1n) is 6.58. The predicted molar refractivity (Wildman–Crippen MR) is 82.1 cm³/mol. The van der Waals surface area contributed by atoms with Gasteiger partial charge in [-0.2, -0.15) is 0 Å². The number of nitrogens with two attached hydrogens (primary N) is 1. The van der Waals surface area contributed by atoms with E-state index in [1.165, 1.54) is 0 Å². The van der Waals surface area contributed by atoms with Gasteiger partial charge in [-0.05, 0) is 39.0 Å². The molecule has 2 aromatic rings. The Morgan fingerprint density at radius 3 is 2.53 bits per heavy atom. The van der Waals surface area contributed by atoms with Gasteiger partial charge in [0.2, 0.25) is 0 Å². The highest BCUT2D eigenvalue weighted by molar-refractivity contribution is 7.18. The molecule has 1 heterocycles. The number of fused-ring (bicyclic) bond motifs is 1. The molecular weight excluding hydrogens is 256 g/mol. The number of hydrogen-bond donors (Lipinski definition) is 1. The summed E-state index contributed by atoms with van der Waals surface area (Å²) in [6.45, 7) is 11.1. The van der Waals surface area contributed by atoms with Crippen molar-refractivity contribution in [1.82, 2.24) is 4.98 Å². The van der Waals surface area contributed by atoms with Crippen molar-refractivity contribution in [1.29, 1.82) is 0 Å². The highest BCUT2D eigenvalue weighted by atomic mass is 32.1. The Hall–Kier alpha value is -1.13. The molecular formula is C15H22N2OS. The van der Waals surface area contributed by atoms with Crippen molar-refractivity contribution in [2.24, 2.45) is 5.73 Å². The van der Waals surface area contributed by atoms with Crippen LogP contribution in [0.25, 0.3) is 10.2 Å². The number of nitrogens with zero attached hydrogens (tertiary/aromatic N) is 1. The van der Waals surface area contributed by atoms with Crippen molar-refractivity contribution in [2.45, 2.75) is 45.6 Å². The molecule has 19 heavy (non-hydrogen) atoms. The molecule has 4 heteroatoms. The van der Waals surface area contributed by atoms with E-state index in [-0.39, 0.29) is 11.0 Å². The molecule has 0 atom stereocenters. The van der Waals surface area contributed by atoms with Gasteiger partial charge in [0.15, 0.2) is 0 Å². The molecule has 0 aliphatic carbocycles. The summed E-state index contributed by atoms with van der Waals surface area (Å²) in [5, 5.41) is 1.07. The van der Waals surface area contributed by atoms with Crippen LogP contribution in [0.3, 0.4) is 0 Å². The minimum Gasteiger partial charge on any atom is -0.494 e. The van der Waals surface area contributed by atoms with E-state index in [1.807, 2.05) is 32.9 Å². The summed E-state index contributed by atoms with van der Waals surface area (Å²) < 4.78 is 6.68. The Morgan fingerprint density at radius 2 is 1.95 bits per heavy atom. The van der Waals surface area contributed by atoms with Crippen LogP contribution in [0.4, 0.5) is 0 Å². The summed E-state index contributed by atoms with van der Waals surface area (Å²) in [6, 6.07) is 6.04. The van der Waals surface area contributed by atoms with Crippen LogP contribution < -0.4 is 10.5 Å². The Morgan fingerprint density at radius 1 is 1.26 bits per heavy atom. The van der Waals surface area contributed by atoms with E-state index in [1.54, 1.807) is 11.3 Å². The molecule has 0 bridgehead atoms. The highest BCUT2D eigenvalue weighted by Crippen LogP contribution is 2.38. The van der Waals surface area contributed by atoms with Crippen LogP contribution in [0.2, 0.25) is 0 Å². The van der Waals surface area contributed by atoms with Gasteiger partial charge in [0, 0.05) is 11.0 Å². The number of thiazole rings is 1. The lowest BCUT2D eigenvalue weighted by Crippen LogP contribution is -2.50. The molecule has 0 aliphatic heterocycles. The molecule has 0 fully saturated rings. The molecule has 0 saturated carbocycles. The SMILES string of the molecule is CCOc1ccc2nc(C(C)(C)C(C)(C)N)sc2c1. The standard InChI is InChI=1S/C15H22N2OS/c1-6-18-10-7-8-11-12(9-10)19-13(17-11)14(2,3)15(4,5)16/h7-9H,6,16H2,1-5H3. The monoisotopic (exact) mass is 278 g/mol. The maximum atomic E-state index is 6.29. The second-order valence-corrected chi connectivity index (χ2v) is 6.96. The van der Waals surface area contributed by atoms with E-state index >= 15 is 0 Å². The molecule has 1 aromatic heterocycles. The largest absolute Gasteiger partial charge is 0.494 e. The minimum absolute atomic E-state index is 0.164. The van der Waals surface area contributed by atoms with Crippen LogP contribution in [0.1, 0.15) is 39.6 Å². The molecule has 1 aromatic carbocycles. The van der Waals surface area contributed by atoms with Crippen molar-refractivity contribution < 1.29 is 4.74 Å². The molecule has 0 saturated heterocycles. The molecule has 3 nitrogen and oxygen atoms in total. The molecule has 0 unspecified atom stereocenters. The maximum absolute atomic E-state index is 6.29. The second-order valence-electron chi connectivity index (χ2n) is 5.93. The maximum Gasteiger partial charge on any atom is 0.120 e. The molecule has 0 aliphatic rings. The van der Waals surface area contributed by atoms with Crippen LogP contribution in [0.15, 0.2) is 18.2 Å². The van der Waals surface area contributed by atoms with Crippen molar-refractivity contribution >= 4 is 21.6 Å². The van der Waals surface area contributed by atoms with Gasteiger partial charge in [-0.25, -0.2) is 4.98 Å². The van der Waals surface area contributed by atoms with Gasteiger partial charge >= 0.3 is 0 Å². The van der Waals surface area contributed by atoms with Crippen molar-refractivity contribution in [2.75, 3.05) is 6.61 Å². The lowest BCUT2D eigenvalue weighted by Gasteiger charge is -2.36. The van der Waals surface area contributed by atoms with Crippen LogP contribution >= 0.6 is 11.3 Å². The third kappa shape index (κ3) is 2.60. The first-order chi connectivity index (χ1) is 8.75. The number of hydrogen-bond acceptors (Lipinski definition) is 4. The molecule has 0 amide bonds. The van der Waals surface area contributed by atoms with Gasteiger partial charge in [-0.3, -0.25) is 0 Å². The first kappa shape index (κ1) is 14.3. The van der Waals surface area contributed by atoms with Gasteiger partial charge in [-0.1, -0.05) is 13.8 Å². The van der Waals surface area contributed by atoms with Crippen LogP contribution in [-0.2, 0) is 5.41 Å². The summed E-state index contributed by atoms with van der Waals surface area (Å²) >= 11 is 1.70. The fraction of sp³-hybridized carbons (Fsp3) is 0.533. The number of benzene rings is 1. The molecule has 104 valence electrons. The number of ether oxygens (including phenoxy) is 1. The van der Waals surface area contributed by atoms with Gasteiger partial charge < -0.3 is 10.5 Å². The normalized spacial score (nSPS) is 12.9. The van der Waals surface area contributed by atoms with E-state index in [2.05, 4.69) is 19.9 Å². The summed E-state index contributed by atoms with van der Waals surface area (Å²) in [4.78, 5) is 4.74. The second kappa shape index (κ2) is 4.76. The third-order valence-corrected chi connectivity index (χ3v) is 5.16. The number of rotatable bonds is 4. The van der Waals surface area contributed by atoms with Crippen LogP contribution in [-0.4, -0.2) is 17.1 Å². The summed E-state index contributed by atoms with van der Waals surface area (Å²) in [5.74, 6) is 0.898. The van der Waals surface area contributed by atoms with Crippen molar-refractivity contribution in [3.63, 3.8) is 0 Å². The summed E-state index contributed by atoms with van der Waals surface area (Å²) in [5.41, 5.74) is 6.82. The minimum atomic E-state index is -0.316. The molecule has 0 spiro atoms. The Labute approximate surface area is 118 Å². The van der Waals surface area contributed by atoms with E-state index in [0.29, 0.717) is 6.61 Å². The predicted octanol–water partition coefficient (Wildman–Crippen LogP) is 3.71. The topological polar surface area (TPSA) is 48.1 Å². The Kier molecular flexibility index (Phi) is 3.58. The average molecular weight is 278 g/mol. The zero-order valence-corrected chi connectivity index (χ0v) is 13.1. The Balaban J connectivity index is 2.47.